The molecule has 0 saturated heterocycles. The summed E-state index contributed by atoms with van der Waals surface area (Å²) >= 11 is 0. The maximum atomic E-state index is 5.63. The highest BCUT2D eigenvalue weighted by atomic mass is 14.9. The number of hydrogen-bond donors (Lipinski definition) is 2. The highest BCUT2D eigenvalue weighted by Gasteiger charge is 1.95. The molecule has 1 heterocycles. The van der Waals surface area contributed by atoms with Gasteiger partial charge in [0, 0.05) is 6.04 Å². The Hall–Kier alpha value is -1.61. The third-order valence-corrected chi connectivity index (χ3v) is 2.04. The molecule has 3 N–H and O–H groups in total. The molecule has 0 bridgehead atoms. The van der Waals surface area contributed by atoms with Gasteiger partial charge in [-0.1, -0.05) is 18.2 Å². The molecule has 1 unspecified atom stereocenters. The lowest BCUT2D eigenvalue weighted by Crippen LogP contribution is -2.09. The van der Waals surface area contributed by atoms with E-state index in [1.807, 2.05) is 31.2 Å². The van der Waals surface area contributed by atoms with Crippen LogP contribution in [-0.2, 0) is 0 Å². The summed E-state index contributed by atoms with van der Waals surface area (Å²) in [7, 11) is 0. The molecule has 2 rings (SSSR count). The van der Waals surface area contributed by atoms with E-state index in [1.54, 1.807) is 6.33 Å². The van der Waals surface area contributed by atoms with Crippen LogP contribution in [-0.4, -0.2) is 16.0 Å². The lowest BCUT2D eigenvalue weighted by Gasteiger charge is -1.96. The highest BCUT2D eigenvalue weighted by molar-refractivity contribution is 5.77. The van der Waals surface area contributed by atoms with Crippen molar-refractivity contribution in [3.8, 4) is 0 Å². The number of nitrogens with two attached hydrogens (primary N) is 1. The first kappa shape index (κ1) is 8.97. The minimum absolute atomic E-state index is 0.0902. The number of aromatic amines is 1. The van der Waals surface area contributed by atoms with Crippen LogP contribution in [0.2, 0.25) is 0 Å². The van der Waals surface area contributed by atoms with Crippen LogP contribution in [0.3, 0.4) is 0 Å². The molecule has 72 valence electrons. The second-order valence-corrected chi connectivity index (χ2v) is 3.40. The minimum atomic E-state index is 0.0902. The highest BCUT2D eigenvalue weighted by Crippen LogP contribution is 2.12. The predicted octanol–water partition coefficient (Wildman–Crippen LogP) is 1.92. The van der Waals surface area contributed by atoms with E-state index >= 15 is 0 Å². The number of rotatable bonds is 2. The molecule has 1 atom stereocenters. The number of nitrogens with one attached hydrogen (secondary N) is 1. The lowest BCUT2D eigenvalue weighted by molar-refractivity contribution is 0.931. The number of hydrogen-bond acceptors (Lipinski definition) is 2. The summed E-state index contributed by atoms with van der Waals surface area (Å²) in [6.07, 6.45) is 5.69. The van der Waals surface area contributed by atoms with Crippen molar-refractivity contribution >= 4 is 17.1 Å². The Morgan fingerprint density at radius 2 is 2.36 bits per heavy atom. The molecule has 3 heteroatoms. The molecule has 1 aromatic heterocycles. The Labute approximate surface area is 82.7 Å². The van der Waals surface area contributed by atoms with Gasteiger partial charge in [0.05, 0.1) is 17.4 Å². The van der Waals surface area contributed by atoms with Crippen molar-refractivity contribution in [2.24, 2.45) is 5.73 Å². The van der Waals surface area contributed by atoms with Crippen LogP contribution >= 0.6 is 0 Å². The Morgan fingerprint density at radius 3 is 3.14 bits per heavy atom. The second kappa shape index (κ2) is 3.64. The first-order chi connectivity index (χ1) is 6.75. The van der Waals surface area contributed by atoms with Gasteiger partial charge >= 0.3 is 0 Å². The molecule has 0 aliphatic carbocycles. The van der Waals surface area contributed by atoms with Gasteiger partial charge in [0.1, 0.15) is 0 Å². The van der Waals surface area contributed by atoms with Crippen molar-refractivity contribution in [2.75, 3.05) is 0 Å². The molecule has 0 fully saturated rings. The van der Waals surface area contributed by atoms with Crippen LogP contribution in [0, 0.1) is 0 Å². The van der Waals surface area contributed by atoms with E-state index < -0.39 is 0 Å². The fourth-order valence-corrected chi connectivity index (χ4v) is 1.32. The van der Waals surface area contributed by atoms with Crippen LogP contribution in [0.15, 0.2) is 30.6 Å². The number of imidazole rings is 1. The monoisotopic (exact) mass is 187 g/mol. The van der Waals surface area contributed by atoms with Crippen molar-refractivity contribution in [1.82, 2.24) is 9.97 Å². The summed E-state index contributed by atoms with van der Waals surface area (Å²) in [5.41, 5.74) is 8.81. The van der Waals surface area contributed by atoms with Crippen LogP contribution in [0.25, 0.3) is 17.1 Å². The maximum Gasteiger partial charge on any atom is 0.0931 e. The molecular formula is C11H13N3. The van der Waals surface area contributed by atoms with E-state index in [0.717, 1.165) is 16.6 Å². The van der Waals surface area contributed by atoms with E-state index in [-0.39, 0.29) is 6.04 Å². The zero-order valence-corrected chi connectivity index (χ0v) is 8.07. The topological polar surface area (TPSA) is 54.7 Å². The Morgan fingerprint density at radius 1 is 1.50 bits per heavy atom. The largest absolute Gasteiger partial charge is 0.345 e. The van der Waals surface area contributed by atoms with Gasteiger partial charge in [0.15, 0.2) is 0 Å². The van der Waals surface area contributed by atoms with Gasteiger partial charge in [0.25, 0.3) is 0 Å². The van der Waals surface area contributed by atoms with E-state index in [9.17, 15) is 0 Å². The molecule has 0 aliphatic rings. The van der Waals surface area contributed by atoms with Gasteiger partial charge in [-0.2, -0.15) is 0 Å². The molecule has 0 aliphatic heterocycles. The summed E-state index contributed by atoms with van der Waals surface area (Å²) in [4.78, 5) is 7.22. The molecule has 2 aromatic rings. The Balaban J connectivity index is 2.34. The third-order valence-electron chi connectivity index (χ3n) is 2.04. The van der Waals surface area contributed by atoms with Crippen LogP contribution in [0.4, 0.5) is 0 Å². The van der Waals surface area contributed by atoms with Crippen molar-refractivity contribution in [2.45, 2.75) is 13.0 Å². The quantitative estimate of drug-likeness (QED) is 0.754. The van der Waals surface area contributed by atoms with Crippen LogP contribution in [0.1, 0.15) is 12.5 Å². The first-order valence-corrected chi connectivity index (χ1v) is 4.62. The van der Waals surface area contributed by atoms with Crippen molar-refractivity contribution in [3.05, 3.63) is 36.2 Å². The van der Waals surface area contributed by atoms with Crippen molar-refractivity contribution < 1.29 is 0 Å². The number of benzene rings is 1. The Bertz CT molecular complexity index is 454. The summed E-state index contributed by atoms with van der Waals surface area (Å²) < 4.78 is 0. The molecule has 0 spiro atoms. The zero-order chi connectivity index (χ0) is 9.97. The summed E-state index contributed by atoms with van der Waals surface area (Å²) in [5.74, 6) is 0. The van der Waals surface area contributed by atoms with E-state index in [2.05, 4.69) is 16.0 Å². The molecule has 0 radical (unpaired) electrons. The van der Waals surface area contributed by atoms with Gasteiger partial charge in [-0.25, -0.2) is 4.98 Å². The molecule has 0 saturated carbocycles. The van der Waals surface area contributed by atoms with Crippen LogP contribution in [0.5, 0.6) is 0 Å². The SMILES string of the molecule is CC(N)/C=C/c1ccc2nc[nH]c2c1. The first-order valence-electron chi connectivity index (χ1n) is 4.62. The minimum Gasteiger partial charge on any atom is -0.345 e. The summed E-state index contributed by atoms with van der Waals surface area (Å²) in [6.45, 7) is 1.95. The smallest absolute Gasteiger partial charge is 0.0931 e. The number of fused-ring (bicyclic) bond motifs is 1. The van der Waals surface area contributed by atoms with Gasteiger partial charge in [-0.05, 0) is 24.6 Å². The molecule has 3 nitrogen and oxygen atoms in total. The lowest BCUT2D eigenvalue weighted by atomic mass is 10.1. The number of nitrogens with zero attached hydrogens (tertiary/aromatic N) is 1. The third kappa shape index (κ3) is 1.83. The molecule has 0 amide bonds. The molecule has 14 heavy (non-hydrogen) atoms. The summed E-state index contributed by atoms with van der Waals surface area (Å²) in [6, 6.07) is 6.17. The maximum absolute atomic E-state index is 5.63. The standard InChI is InChI=1S/C11H13N3/c1-8(12)2-3-9-4-5-10-11(6-9)14-7-13-10/h2-8H,12H2,1H3,(H,13,14)/b3-2+. The van der Waals surface area contributed by atoms with E-state index in [1.165, 1.54) is 0 Å². The average Bonchev–Trinajstić information content (AvgIpc) is 2.61. The predicted molar refractivity (Wildman–Crippen MR) is 58.8 cm³/mol. The van der Waals surface area contributed by atoms with E-state index in [0.29, 0.717) is 0 Å². The normalized spacial score (nSPS) is 13.9. The number of H-pyrrole nitrogens is 1. The summed E-state index contributed by atoms with van der Waals surface area (Å²) in [5, 5.41) is 0. The fourth-order valence-electron chi connectivity index (χ4n) is 1.32. The zero-order valence-electron chi connectivity index (χ0n) is 8.07. The Kier molecular flexibility index (Phi) is 2.33. The van der Waals surface area contributed by atoms with E-state index in [4.69, 9.17) is 5.73 Å². The second-order valence-electron chi connectivity index (χ2n) is 3.40. The molecular weight excluding hydrogens is 174 g/mol. The fraction of sp³-hybridized carbons (Fsp3) is 0.182. The average molecular weight is 187 g/mol. The van der Waals surface area contributed by atoms with Crippen LogP contribution < -0.4 is 5.73 Å². The van der Waals surface area contributed by atoms with Gasteiger partial charge in [-0.3, -0.25) is 0 Å². The van der Waals surface area contributed by atoms with Crippen molar-refractivity contribution in [1.29, 1.82) is 0 Å². The van der Waals surface area contributed by atoms with Gasteiger partial charge < -0.3 is 10.7 Å². The van der Waals surface area contributed by atoms with Gasteiger partial charge in [-0.15, -0.1) is 0 Å². The van der Waals surface area contributed by atoms with Crippen molar-refractivity contribution in [3.63, 3.8) is 0 Å². The van der Waals surface area contributed by atoms with Gasteiger partial charge in [0.2, 0.25) is 0 Å². The number of aromatic nitrogens is 2. The molecule has 1 aromatic carbocycles.